The molecule has 0 amide bonds. The first-order valence-corrected chi connectivity index (χ1v) is 6.57. The van der Waals surface area contributed by atoms with E-state index in [0.717, 1.165) is 17.6 Å². The Morgan fingerprint density at radius 3 is 2.71 bits per heavy atom. The minimum Gasteiger partial charge on any atom is -0.253 e. The van der Waals surface area contributed by atoms with Gasteiger partial charge in [0.15, 0.2) is 0 Å². The van der Waals surface area contributed by atoms with E-state index < -0.39 is 0 Å². The molecule has 2 aromatic rings. The summed E-state index contributed by atoms with van der Waals surface area (Å²) in [6, 6.07) is 10.4. The molecule has 0 aliphatic carbocycles. The quantitative estimate of drug-likeness (QED) is 0.719. The first-order valence-electron chi connectivity index (χ1n) is 6.13. The van der Waals surface area contributed by atoms with Crippen molar-refractivity contribution < 1.29 is 0 Å². The Hall–Kier alpha value is -1.08. The Balaban J connectivity index is 2.59. The number of para-hydroxylation sites is 1. The molecule has 0 aliphatic rings. The Labute approximate surface area is 108 Å². The lowest BCUT2D eigenvalue weighted by Crippen LogP contribution is -2.09. The maximum Gasteiger partial charge on any atom is 0.0708 e. The summed E-state index contributed by atoms with van der Waals surface area (Å²) < 4.78 is 0. The van der Waals surface area contributed by atoms with Gasteiger partial charge >= 0.3 is 0 Å². The third-order valence-electron chi connectivity index (χ3n) is 3.30. The van der Waals surface area contributed by atoms with Crippen molar-refractivity contribution >= 4 is 22.5 Å². The summed E-state index contributed by atoms with van der Waals surface area (Å²) in [5.74, 6) is 0.355. The van der Waals surface area contributed by atoms with Gasteiger partial charge in [-0.2, -0.15) is 0 Å². The normalized spacial score (nSPS) is 14.8. The Morgan fingerprint density at radius 2 is 2.00 bits per heavy atom. The van der Waals surface area contributed by atoms with Crippen molar-refractivity contribution in [1.29, 1.82) is 0 Å². The number of hydrogen-bond acceptors (Lipinski definition) is 1. The van der Waals surface area contributed by atoms with Gasteiger partial charge in [-0.15, -0.1) is 11.6 Å². The number of alkyl halides is 1. The van der Waals surface area contributed by atoms with Crippen molar-refractivity contribution in [3.63, 3.8) is 0 Å². The molecule has 0 bridgehead atoms. The van der Waals surface area contributed by atoms with Crippen LogP contribution in [0.25, 0.3) is 10.9 Å². The van der Waals surface area contributed by atoms with Crippen LogP contribution in [0.3, 0.4) is 0 Å². The van der Waals surface area contributed by atoms with Gasteiger partial charge in [-0.25, -0.2) is 0 Å². The van der Waals surface area contributed by atoms with Gasteiger partial charge in [0, 0.05) is 16.5 Å². The standard InChI is InChI=1S/C15H18ClN/c1-4-14(16)11(3)13-9-10(2)17-15-8-6-5-7-12(13)15/h5-9,11,14H,4H2,1-3H3. The van der Waals surface area contributed by atoms with Crippen LogP contribution in [0.2, 0.25) is 0 Å². The number of pyridine rings is 1. The van der Waals surface area contributed by atoms with Crippen molar-refractivity contribution in [3.05, 3.63) is 41.6 Å². The summed E-state index contributed by atoms with van der Waals surface area (Å²) in [6.45, 7) is 6.37. The van der Waals surface area contributed by atoms with E-state index >= 15 is 0 Å². The van der Waals surface area contributed by atoms with Crippen LogP contribution >= 0.6 is 11.6 Å². The molecule has 17 heavy (non-hydrogen) atoms. The number of rotatable bonds is 3. The third-order valence-corrected chi connectivity index (χ3v) is 3.99. The minimum atomic E-state index is 0.181. The predicted octanol–water partition coefficient (Wildman–Crippen LogP) is 4.66. The summed E-state index contributed by atoms with van der Waals surface area (Å²) in [4.78, 5) is 4.56. The monoisotopic (exact) mass is 247 g/mol. The predicted molar refractivity (Wildman–Crippen MR) is 74.8 cm³/mol. The number of nitrogens with zero attached hydrogens (tertiary/aromatic N) is 1. The highest BCUT2D eigenvalue weighted by Crippen LogP contribution is 2.31. The van der Waals surface area contributed by atoms with Gasteiger partial charge in [0.25, 0.3) is 0 Å². The maximum absolute atomic E-state index is 6.38. The zero-order valence-electron chi connectivity index (χ0n) is 10.6. The summed E-state index contributed by atoms with van der Waals surface area (Å²) in [7, 11) is 0. The highest BCUT2D eigenvalue weighted by Gasteiger charge is 2.17. The zero-order chi connectivity index (χ0) is 12.4. The average Bonchev–Trinajstić information content (AvgIpc) is 2.35. The van der Waals surface area contributed by atoms with Crippen molar-refractivity contribution in [2.24, 2.45) is 0 Å². The van der Waals surface area contributed by atoms with Crippen molar-refractivity contribution in [3.8, 4) is 0 Å². The second-order valence-corrected chi connectivity index (χ2v) is 5.14. The van der Waals surface area contributed by atoms with E-state index in [1.54, 1.807) is 0 Å². The molecule has 0 N–H and O–H groups in total. The average molecular weight is 248 g/mol. The van der Waals surface area contributed by atoms with E-state index in [4.69, 9.17) is 11.6 Å². The number of aromatic nitrogens is 1. The molecule has 0 aliphatic heterocycles. The van der Waals surface area contributed by atoms with Crippen LogP contribution < -0.4 is 0 Å². The SMILES string of the molecule is CCC(Cl)C(C)c1cc(C)nc2ccccc12. The molecule has 0 radical (unpaired) electrons. The zero-order valence-corrected chi connectivity index (χ0v) is 11.3. The lowest BCUT2D eigenvalue weighted by Gasteiger charge is -2.19. The van der Waals surface area contributed by atoms with E-state index in [1.165, 1.54) is 10.9 Å². The fraction of sp³-hybridized carbons (Fsp3) is 0.400. The molecule has 1 heterocycles. The molecular formula is C15H18ClN. The van der Waals surface area contributed by atoms with Crippen LogP contribution in [0.5, 0.6) is 0 Å². The van der Waals surface area contributed by atoms with Crippen molar-refractivity contribution in [1.82, 2.24) is 4.98 Å². The summed E-state index contributed by atoms with van der Waals surface area (Å²) >= 11 is 6.38. The molecule has 0 saturated heterocycles. The summed E-state index contributed by atoms with van der Waals surface area (Å²) in [5.41, 5.74) is 3.44. The van der Waals surface area contributed by atoms with Gasteiger partial charge in [0.1, 0.15) is 0 Å². The van der Waals surface area contributed by atoms with E-state index in [1.807, 2.05) is 13.0 Å². The Bertz CT molecular complexity index is 521. The molecule has 1 aromatic carbocycles. The number of benzene rings is 1. The van der Waals surface area contributed by atoms with Crippen LogP contribution in [0.1, 0.15) is 37.4 Å². The molecular weight excluding hydrogens is 230 g/mol. The molecule has 1 nitrogen and oxygen atoms in total. The number of aryl methyl sites for hydroxylation is 1. The largest absolute Gasteiger partial charge is 0.253 e. The smallest absolute Gasteiger partial charge is 0.0708 e. The van der Waals surface area contributed by atoms with Crippen LogP contribution in [0.4, 0.5) is 0 Å². The molecule has 2 unspecified atom stereocenters. The van der Waals surface area contributed by atoms with Gasteiger partial charge in [-0.05, 0) is 37.0 Å². The van der Waals surface area contributed by atoms with Crippen LogP contribution in [0, 0.1) is 6.92 Å². The molecule has 2 atom stereocenters. The lowest BCUT2D eigenvalue weighted by molar-refractivity contribution is 0.678. The minimum absolute atomic E-state index is 0.181. The molecule has 1 aromatic heterocycles. The second kappa shape index (κ2) is 5.05. The van der Waals surface area contributed by atoms with E-state index in [-0.39, 0.29) is 5.38 Å². The number of hydrogen-bond donors (Lipinski definition) is 0. The fourth-order valence-corrected chi connectivity index (χ4v) is 2.40. The van der Waals surface area contributed by atoms with Crippen molar-refractivity contribution in [2.45, 2.75) is 38.5 Å². The van der Waals surface area contributed by atoms with E-state index in [2.05, 4.69) is 43.1 Å². The van der Waals surface area contributed by atoms with Gasteiger partial charge in [-0.3, -0.25) is 4.98 Å². The number of halogens is 1. The molecule has 90 valence electrons. The molecule has 0 spiro atoms. The van der Waals surface area contributed by atoms with Crippen LogP contribution in [0.15, 0.2) is 30.3 Å². The highest BCUT2D eigenvalue weighted by atomic mass is 35.5. The molecule has 2 rings (SSSR count). The van der Waals surface area contributed by atoms with Gasteiger partial charge in [-0.1, -0.05) is 32.0 Å². The fourth-order valence-electron chi connectivity index (χ4n) is 2.27. The van der Waals surface area contributed by atoms with Gasteiger partial charge in [0.2, 0.25) is 0 Å². The van der Waals surface area contributed by atoms with Gasteiger partial charge < -0.3 is 0 Å². The Morgan fingerprint density at radius 1 is 1.29 bits per heavy atom. The lowest BCUT2D eigenvalue weighted by atomic mass is 9.92. The second-order valence-electron chi connectivity index (χ2n) is 4.58. The first-order chi connectivity index (χ1) is 8.13. The van der Waals surface area contributed by atoms with Crippen molar-refractivity contribution in [2.75, 3.05) is 0 Å². The molecule has 2 heteroatoms. The highest BCUT2D eigenvalue weighted by molar-refractivity contribution is 6.21. The third kappa shape index (κ3) is 2.44. The summed E-state index contributed by atoms with van der Waals surface area (Å²) in [6.07, 6.45) is 0.985. The topological polar surface area (TPSA) is 12.9 Å². The maximum atomic E-state index is 6.38. The van der Waals surface area contributed by atoms with E-state index in [0.29, 0.717) is 5.92 Å². The molecule has 0 fully saturated rings. The Kier molecular flexibility index (Phi) is 3.68. The van der Waals surface area contributed by atoms with E-state index in [9.17, 15) is 0 Å². The van der Waals surface area contributed by atoms with Crippen LogP contribution in [-0.4, -0.2) is 10.4 Å². The van der Waals surface area contributed by atoms with Crippen LogP contribution in [-0.2, 0) is 0 Å². The summed E-state index contributed by atoms with van der Waals surface area (Å²) in [5, 5.41) is 1.41. The number of fused-ring (bicyclic) bond motifs is 1. The first kappa shape index (κ1) is 12.4. The molecule has 0 saturated carbocycles. The van der Waals surface area contributed by atoms with Gasteiger partial charge in [0.05, 0.1) is 5.52 Å².